The standard InChI is InChI=1S/C14H20N2/c1-10(2)16-13(8-9-15)11(3)12-6-4-5-7-14(12)16/h4-7,10H,8-9,15H2,1-3H3. The number of nitrogens with zero attached hydrogens (tertiary/aromatic N) is 1. The zero-order valence-corrected chi connectivity index (χ0v) is 10.3. The molecule has 2 nitrogen and oxygen atoms in total. The van der Waals surface area contributed by atoms with Gasteiger partial charge in [-0.1, -0.05) is 18.2 Å². The second-order valence-electron chi connectivity index (χ2n) is 4.59. The fraction of sp³-hybridized carbons (Fsp3) is 0.429. The third-order valence-electron chi connectivity index (χ3n) is 3.19. The molecule has 2 aromatic rings. The lowest BCUT2D eigenvalue weighted by molar-refractivity contribution is 0.592. The Hall–Kier alpha value is -1.28. The lowest BCUT2D eigenvalue weighted by atomic mass is 10.1. The number of benzene rings is 1. The Kier molecular flexibility index (Phi) is 3.01. The number of fused-ring (bicyclic) bond motifs is 1. The van der Waals surface area contributed by atoms with Crippen LogP contribution in [0, 0.1) is 6.92 Å². The molecule has 86 valence electrons. The van der Waals surface area contributed by atoms with Gasteiger partial charge in [-0.2, -0.15) is 0 Å². The number of hydrogen-bond donors (Lipinski definition) is 1. The van der Waals surface area contributed by atoms with Crippen LogP contribution in [0.1, 0.15) is 31.1 Å². The monoisotopic (exact) mass is 216 g/mol. The lowest BCUT2D eigenvalue weighted by Gasteiger charge is -2.14. The van der Waals surface area contributed by atoms with Crippen molar-refractivity contribution in [2.45, 2.75) is 33.2 Å². The van der Waals surface area contributed by atoms with E-state index in [2.05, 4.69) is 49.6 Å². The Balaban J connectivity index is 2.75. The summed E-state index contributed by atoms with van der Waals surface area (Å²) < 4.78 is 2.41. The minimum atomic E-state index is 0.486. The van der Waals surface area contributed by atoms with Gasteiger partial charge in [-0.05, 0) is 38.9 Å². The molecule has 0 atom stereocenters. The van der Waals surface area contributed by atoms with Crippen molar-refractivity contribution < 1.29 is 0 Å². The molecule has 0 bridgehead atoms. The van der Waals surface area contributed by atoms with E-state index in [-0.39, 0.29) is 0 Å². The molecule has 0 spiro atoms. The number of para-hydroxylation sites is 1. The van der Waals surface area contributed by atoms with E-state index in [0.29, 0.717) is 12.6 Å². The fourth-order valence-corrected chi connectivity index (χ4v) is 2.52. The third kappa shape index (κ3) is 1.63. The molecule has 0 unspecified atom stereocenters. The number of rotatable bonds is 3. The Morgan fingerprint density at radius 2 is 1.94 bits per heavy atom. The van der Waals surface area contributed by atoms with Gasteiger partial charge in [0.25, 0.3) is 0 Å². The summed E-state index contributed by atoms with van der Waals surface area (Å²) in [6.07, 6.45) is 0.957. The van der Waals surface area contributed by atoms with Gasteiger partial charge in [0, 0.05) is 29.1 Å². The molecule has 0 saturated carbocycles. The van der Waals surface area contributed by atoms with Gasteiger partial charge in [0.05, 0.1) is 0 Å². The van der Waals surface area contributed by atoms with E-state index in [4.69, 9.17) is 5.73 Å². The number of aromatic nitrogens is 1. The highest BCUT2D eigenvalue weighted by atomic mass is 15.0. The smallest absolute Gasteiger partial charge is 0.0487 e. The first-order valence-corrected chi connectivity index (χ1v) is 5.95. The minimum Gasteiger partial charge on any atom is -0.342 e. The summed E-state index contributed by atoms with van der Waals surface area (Å²) in [6.45, 7) is 7.37. The molecule has 1 heterocycles. The molecule has 2 rings (SSSR count). The predicted octanol–water partition coefficient (Wildman–Crippen LogP) is 3.03. The van der Waals surface area contributed by atoms with Crippen LogP contribution < -0.4 is 5.73 Å². The molecule has 0 fully saturated rings. The van der Waals surface area contributed by atoms with E-state index < -0.39 is 0 Å². The molecule has 0 aliphatic heterocycles. The van der Waals surface area contributed by atoms with Crippen molar-refractivity contribution in [3.8, 4) is 0 Å². The molecule has 0 saturated heterocycles. The maximum Gasteiger partial charge on any atom is 0.0487 e. The average molecular weight is 216 g/mol. The molecule has 0 radical (unpaired) electrons. The van der Waals surface area contributed by atoms with Crippen LogP contribution in [0.15, 0.2) is 24.3 Å². The van der Waals surface area contributed by atoms with Crippen LogP contribution >= 0.6 is 0 Å². The van der Waals surface area contributed by atoms with Crippen molar-refractivity contribution in [1.29, 1.82) is 0 Å². The molecule has 16 heavy (non-hydrogen) atoms. The van der Waals surface area contributed by atoms with E-state index in [1.807, 2.05) is 0 Å². The van der Waals surface area contributed by atoms with Crippen molar-refractivity contribution in [3.05, 3.63) is 35.5 Å². The summed E-state index contributed by atoms with van der Waals surface area (Å²) in [5, 5.41) is 1.36. The van der Waals surface area contributed by atoms with Gasteiger partial charge in [0.15, 0.2) is 0 Å². The zero-order chi connectivity index (χ0) is 11.7. The highest BCUT2D eigenvalue weighted by molar-refractivity contribution is 5.85. The first-order chi connectivity index (χ1) is 7.66. The molecule has 1 aromatic carbocycles. The second-order valence-corrected chi connectivity index (χ2v) is 4.59. The van der Waals surface area contributed by atoms with Crippen LogP contribution in [-0.4, -0.2) is 11.1 Å². The summed E-state index contributed by atoms with van der Waals surface area (Å²) in [5.74, 6) is 0. The third-order valence-corrected chi connectivity index (χ3v) is 3.19. The first kappa shape index (κ1) is 11.2. The Labute approximate surface area is 97.1 Å². The lowest BCUT2D eigenvalue weighted by Crippen LogP contribution is -2.11. The van der Waals surface area contributed by atoms with Gasteiger partial charge in [0.2, 0.25) is 0 Å². The van der Waals surface area contributed by atoms with E-state index in [9.17, 15) is 0 Å². The van der Waals surface area contributed by atoms with Crippen molar-refractivity contribution in [1.82, 2.24) is 4.57 Å². The summed E-state index contributed by atoms with van der Waals surface area (Å²) >= 11 is 0. The van der Waals surface area contributed by atoms with Gasteiger partial charge in [-0.3, -0.25) is 0 Å². The Morgan fingerprint density at radius 3 is 2.56 bits per heavy atom. The zero-order valence-electron chi connectivity index (χ0n) is 10.3. The van der Waals surface area contributed by atoms with Crippen molar-refractivity contribution in [2.24, 2.45) is 5.73 Å². The maximum atomic E-state index is 5.71. The molecule has 1 aromatic heterocycles. The van der Waals surface area contributed by atoms with Crippen LogP contribution in [0.5, 0.6) is 0 Å². The van der Waals surface area contributed by atoms with Crippen molar-refractivity contribution in [3.63, 3.8) is 0 Å². The summed E-state index contributed by atoms with van der Waals surface area (Å²) in [7, 11) is 0. The second kappa shape index (κ2) is 4.30. The highest BCUT2D eigenvalue weighted by Gasteiger charge is 2.14. The van der Waals surface area contributed by atoms with Crippen molar-refractivity contribution in [2.75, 3.05) is 6.54 Å². The van der Waals surface area contributed by atoms with E-state index >= 15 is 0 Å². The number of hydrogen-bond acceptors (Lipinski definition) is 1. The molecule has 2 N–H and O–H groups in total. The number of aryl methyl sites for hydroxylation is 1. The van der Waals surface area contributed by atoms with E-state index in [0.717, 1.165) is 6.42 Å². The maximum absolute atomic E-state index is 5.71. The molecule has 0 amide bonds. The predicted molar refractivity (Wildman–Crippen MR) is 69.8 cm³/mol. The van der Waals surface area contributed by atoms with Gasteiger partial charge in [-0.25, -0.2) is 0 Å². The van der Waals surface area contributed by atoms with Crippen LogP contribution in [-0.2, 0) is 6.42 Å². The topological polar surface area (TPSA) is 30.9 Å². The van der Waals surface area contributed by atoms with Gasteiger partial charge < -0.3 is 10.3 Å². The average Bonchev–Trinajstić information content (AvgIpc) is 2.54. The summed E-state index contributed by atoms with van der Waals surface area (Å²) in [4.78, 5) is 0. The molecule has 0 aliphatic rings. The van der Waals surface area contributed by atoms with Gasteiger partial charge in [-0.15, -0.1) is 0 Å². The van der Waals surface area contributed by atoms with Gasteiger partial charge in [0.1, 0.15) is 0 Å². The van der Waals surface area contributed by atoms with E-state index in [1.54, 1.807) is 0 Å². The van der Waals surface area contributed by atoms with Gasteiger partial charge >= 0.3 is 0 Å². The Bertz CT molecular complexity index is 495. The first-order valence-electron chi connectivity index (χ1n) is 5.95. The minimum absolute atomic E-state index is 0.486. The van der Waals surface area contributed by atoms with Crippen LogP contribution in [0.2, 0.25) is 0 Å². The molecule has 2 heteroatoms. The quantitative estimate of drug-likeness (QED) is 0.840. The Morgan fingerprint density at radius 1 is 1.25 bits per heavy atom. The van der Waals surface area contributed by atoms with Crippen molar-refractivity contribution >= 4 is 10.9 Å². The summed E-state index contributed by atoms with van der Waals surface area (Å²) in [6, 6.07) is 9.09. The largest absolute Gasteiger partial charge is 0.342 e. The SMILES string of the molecule is Cc1c(CCN)n(C(C)C)c2ccccc12. The normalized spacial score (nSPS) is 11.6. The summed E-state index contributed by atoms with van der Waals surface area (Å²) in [5.41, 5.74) is 9.81. The number of nitrogens with two attached hydrogens (primary N) is 1. The van der Waals surface area contributed by atoms with Crippen LogP contribution in [0.4, 0.5) is 0 Å². The van der Waals surface area contributed by atoms with Crippen LogP contribution in [0.3, 0.4) is 0 Å². The fourth-order valence-electron chi connectivity index (χ4n) is 2.52. The van der Waals surface area contributed by atoms with Crippen LogP contribution in [0.25, 0.3) is 10.9 Å². The molecular weight excluding hydrogens is 196 g/mol. The highest BCUT2D eigenvalue weighted by Crippen LogP contribution is 2.28. The molecular formula is C14H20N2. The molecule has 0 aliphatic carbocycles. The van der Waals surface area contributed by atoms with E-state index in [1.165, 1.54) is 22.2 Å².